The van der Waals surface area contributed by atoms with Gasteiger partial charge in [-0.05, 0) is 30.9 Å². The first-order valence-electron chi connectivity index (χ1n) is 6.80. The molecule has 2 aromatic rings. The summed E-state index contributed by atoms with van der Waals surface area (Å²) in [4.78, 5) is 6.03. The molecule has 4 nitrogen and oxygen atoms in total. The second-order valence-corrected chi connectivity index (χ2v) is 6.45. The molecule has 1 aliphatic carbocycles. The molecule has 0 bridgehead atoms. The van der Waals surface area contributed by atoms with E-state index in [1.807, 2.05) is 12.1 Å². The minimum absolute atomic E-state index is 0.340. The SMILES string of the molecule is COc1ccc(C(N)c2nc3c(s2)CCC3)c(Cl)c1OC. The molecule has 2 N–H and O–H groups in total. The van der Waals surface area contributed by atoms with Gasteiger partial charge in [-0.1, -0.05) is 17.7 Å². The lowest BCUT2D eigenvalue weighted by atomic mass is 10.1. The molecule has 1 aromatic carbocycles. The number of methoxy groups -OCH3 is 2. The van der Waals surface area contributed by atoms with E-state index in [1.165, 1.54) is 17.0 Å². The Kier molecular flexibility index (Phi) is 4.06. The fourth-order valence-electron chi connectivity index (χ4n) is 2.62. The van der Waals surface area contributed by atoms with Crippen LogP contribution in [0, 0.1) is 0 Å². The van der Waals surface area contributed by atoms with Gasteiger partial charge in [0.05, 0.1) is 31.0 Å². The number of benzene rings is 1. The molecule has 6 heteroatoms. The van der Waals surface area contributed by atoms with E-state index in [1.54, 1.807) is 25.6 Å². The molecule has 1 heterocycles. The first-order chi connectivity index (χ1) is 10.2. The van der Waals surface area contributed by atoms with Crippen LogP contribution in [0.1, 0.15) is 33.6 Å². The molecule has 0 saturated heterocycles. The zero-order valence-corrected chi connectivity index (χ0v) is 13.6. The summed E-state index contributed by atoms with van der Waals surface area (Å²) in [5.74, 6) is 1.11. The molecule has 1 aromatic heterocycles. The lowest BCUT2D eigenvalue weighted by molar-refractivity contribution is 0.354. The molecule has 1 atom stereocenters. The minimum Gasteiger partial charge on any atom is -0.493 e. The van der Waals surface area contributed by atoms with Gasteiger partial charge in [-0.2, -0.15) is 0 Å². The van der Waals surface area contributed by atoms with E-state index in [2.05, 4.69) is 4.98 Å². The van der Waals surface area contributed by atoms with Gasteiger partial charge < -0.3 is 15.2 Å². The maximum Gasteiger partial charge on any atom is 0.179 e. The minimum atomic E-state index is -0.340. The van der Waals surface area contributed by atoms with Gasteiger partial charge >= 0.3 is 0 Å². The quantitative estimate of drug-likeness (QED) is 0.937. The highest BCUT2D eigenvalue weighted by Gasteiger charge is 2.24. The lowest BCUT2D eigenvalue weighted by Crippen LogP contribution is -2.13. The fourth-order valence-corrected chi connectivity index (χ4v) is 4.15. The van der Waals surface area contributed by atoms with E-state index in [-0.39, 0.29) is 6.04 Å². The number of ether oxygens (including phenoxy) is 2. The summed E-state index contributed by atoms with van der Waals surface area (Å²) in [6.45, 7) is 0. The van der Waals surface area contributed by atoms with E-state index >= 15 is 0 Å². The van der Waals surface area contributed by atoms with Crippen molar-refractivity contribution in [3.8, 4) is 11.5 Å². The Morgan fingerprint density at radius 2 is 2.10 bits per heavy atom. The average Bonchev–Trinajstić information content (AvgIpc) is 3.07. The van der Waals surface area contributed by atoms with E-state index in [0.29, 0.717) is 16.5 Å². The van der Waals surface area contributed by atoms with Crippen LogP contribution in [-0.2, 0) is 12.8 Å². The second-order valence-electron chi connectivity index (χ2n) is 4.96. The number of fused-ring (bicyclic) bond motifs is 1. The van der Waals surface area contributed by atoms with Crippen molar-refractivity contribution in [2.75, 3.05) is 14.2 Å². The van der Waals surface area contributed by atoms with E-state index in [0.717, 1.165) is 23.4 Å². The summed E-state index contributed by atoms with van der Waals surface area (Å²) in [6.07, 6.45) is 3.36. The maximum atomic E-state index is 6.42. The summed E-state index contributed by atoms with van der Waals surface area (Å²) in [5, 5.41) is 1.40. The zero-order valence-electron chi connectivity index (χ0n) is 12.0. The number of nitrogens with two attached hydrogens (primary N) is 1. The predicted octanol–water partition coefficient (Wildman–Crippen LogP) is 3.35. The van der Waals surface area contributed by atoms with Crippen molar-refractivity contribution in [1.82, 2.24) is 4.98 Å². The number of halogens is 1. The third-order valence-electron chi connectivity index (χ3n) is 3.73. The van der Waals surface area contributed by atoms with Gasteiger partial charge in [0.25, 0.3) is 0 Å². The molecule has 0 fully saturated rings. The van der Waals surface area contributed by atoms with Gasteiger partial charge in [-0.15, -0.1) is 11.3 Å². The number of rotatable bonds is 4. The number of hydrogen-bond donors (Lipinski definition) is 1. The third-order valence-corrected chi connectivity index (χ3v) is 5.36. The van der Waals surface area contributed by atoms with Gasteiger partial charge in [0.2, 0.25) is 0 Å². The van der Waals surface area contributed by atoms with E-state index in [9.17, 15) is 0 Å². The number of thiazole rings is 1. The number of nitrogens with zero attached hydrogens (tertiary/aromatic N) is 1. The van der Waals surface area contributed by atoms with Crippen LogP contribution in [0.4, 0.5) is 0 Å². The number of aromatic nitrogens is 1. The summed E-state index contributed by atoms with van der Waals surface area (Å²) in [5.41, 5.74) is 8.36. The summed E-state index contributed by atoms with van der Waals surface area (Å²) in [6, 6.07) is 3.36. The highest BCUT2D eigenvalue weighted by molar-refractivity contribution is 7.11. The first-order valence-corrected chi connectivity index (χ1v) is 7.99. The highest BCUT2D eigenvalue weighted by Crippen LogP contribution is 2.41. The largest absolute Gasteiger partial charge is 0.493 e. The molecule has 21 heavy (non-hydrogen) atoms. The van der Waals surface area contributed by atoms with Crippen LogP contribution in [0.2, 0.25) is 5.02 Å². The van der Waals surface area contributed by atoms with Crippen molar-refractivity contribution in [3.63, 3.8) is 0 Å². The molecule has 0 radical (unpaired) electrons. The molecular weight excluding hydrogens is 308 g/mol. The van der Waals surface area contributed by atoms with Crippen molar-refractivity contribution in [2.24, 2.45) is 5.73 Å². The Bertz CT molecular complexity index is 650. The monoisotopic (exact) mass is 324 g/mol. The standard InChI is InChI=1S/C15H17ClN2O2S/c1-19-10-7-6-8(12(16)14(10)20-2)13(17)15-18-9-4-3-5-11(9)21-15/h6-7,13H,3-5,17H2,1-2H3. The lowest BCUT2D eigenvalue weighted by Gasteiger charge is -2.16. The van der Waals surface area contributed by atoms with Crippen LogP contribution in [0.25, 0.3) is 0 Å². The van der Waals surface area contributed by atoms with Gasteiger partial charge in [0.1, 0.15) is 5.01 Å². The molecular formula is C15H17ClN2O2S. The summed E-state index contributed by atoms with van der Waals surface area (Å²) >= 11 is 8.11. The van der Waals surface area contributed by atoms with Crippen LogP contribution in [0.5, 0.6) is 11.5 Å². The molecule has 0 spiro atoms. The molecule has 0 saturated carbocycles. The maximum absolute atomic E-state index is 6.42. The van der Waals surface area contributed by atoms with E-state index in [4.69, 9.17) is 26.8 Å². The van der Waals surface area contributed by atoms with Gasteiger partial charge in [0.15, 0.2) is 11.5 Å². The van der Waals surface area contributed by atoms with Crippen molar-refractivity contribution in [1.29, 1.82) is 0 Å². The Hall–Kier alpha value is -1.30. The topological polar surface area (TPSA) is 57.4 Å². The van der Waals surface area contributed by atoms with E-state index < -0.39 is 0 Å². The predicted molar refractivity (Wildman–Crippen MR) is 84.7 cm³/mol. The molecule has 0 aliphatic heterocycles. The zero-order chi connectivity index (χ0) is 15.0. The third kappa shape index (κ3) is 2.50. The second kappa shape index (κ2) is 5.83. The Morgan fingerprint density at radius 3 is 2.76 bits per heavy atom. The smallest absolute Gasteiger partial charge is 0.179 e. The van der Waals surface area contributed by atoms with Crippen molar-refractivity contribution >= 4 is 22.9 Å². The van der Waals surface area contributed by atoms with Crippen LogP contribution in [0.15, 0.2) is 12.1 Å². The van der Waals surface area contributed by atoms with Gasteiger partial charge in [-0.3, -0.25) is 0 Å². The van der Waals surface area contributed by atoms with Crippen LogP contribution >= 0.6 is 22.9 Å². The molecule has 1 unspecified atom stereocenters. The average molecular weight is 325 g/mol. The highest BCUT2D eigenvalue weighted by atomic mass is 35.5. The van der Waals surface area contributed by atoms with Crippen molar-refractivity contribution in [2.45, 2.75) is 25.3 Å². The van der Waals surface area contributed by atoms with Crippen LogP contribution in [-0.4, -0.2) is 19.2 Å². The Morgan fingerprint density at radius 1 is 1.29 bits per heavy atom. The molecule has 3 rings (SSSR count). The fraction of sp³-hybridized carbons (Fsp3) is 0.400. The van der Waals surface area contributed by atoms with Crippen LogP contribution in [0.3, 0.4) is 0 Å². The Labute approximate surface area is 132 Å². The van der Waals surface area contributed by atoms with Crippen molar-refractivity contribution in [3.05, 3.63) is 38.3 Å². The Balaban J connectivity index is 1.99. The normalized spacial score (nSPS) is 14.9. The van der Waals surface area contributed by atoms with Gasteiger partial charge in [-0.25, -0.2) is 4.98 Å². The number of hydrogen-bond acceptors (Lipinski definition) is 5. The van der Waals surface area contributed by atoms with Crippen molar-refractivity contribution < 1.29 is 9.47 Å². The number of aryl methyl sites for hydroxylation is 2. The molecule has 112 valence electrons. The summed E-state index contributed by atoms with van der Waals surface area (Å²) in [7, 11) is 3.15. The summed E-state index contributed by atoms with van der Waals surface area (Å²) < 4.78 is 10.6. The molecule has 1 aliphatic rings. The first kappa shape index (κ1) is 14.6. The molecule has 0 amide bonds. The van der Waals surface area contributed by atoms with Crippen LogP contribution < -0.4 is 15.2 Å². The van der Waals surface area contributed by atoms with Gasteiger partial charge in [0, 0.05) is 4.88 Å².